The molecule has 21 heavy (non-hydrogen) atoms. The predicted octanol–water partition coefficient (Wildman–Crippen LogP) is 1.36. The van der Waals surface area contributed by atoms with Gasteiger partial charge < -0.3 is 20.1 Å². The number of aliphatic hydroxyl groups excluding tert-OH is 2. The van der Waals surface area contributed by atoms with E-state index in [2.05, 4.69) is 6.58 Å². The van der Waals surface area contributed by atoms with Crippen molar-refractivity contribution in [3.63, 3.8) is 0 Å². The lowest BCUT2D eigenvalue weighted by Crippen LogP contribution is -2.25. The standard InChI is InChI=1S/C15H26O6/c1-10(5-6-15(2,3)4)12(14(19)20)7-13(18)21-9-11(17)8-16/h11-12,16-17H,1,5-9H2,2-4H3,(H,19,20). The lowest BCUT2D eigenvalue weighted by atomic mass is 9.85. The number of aliphatic carboxylic acids is 1. The van der Waals surface area contributed by atoms with Crippen LogP contribution in [0, 0.1) is 11.3 Å². The Balaban J connectivity index is 4.45. The maximum absolute atomic E-state index is 11.6. The molecule has 3 N–H and O–H groups in total. The molecule has 122 valence electrons. The van der Waals surface area contributed by atoms with Crippen LogP contribution in [0.2, 0.25) is 0 Å². The molecule has 0 bridgehead atoms. The van der Waals surface area contributed by atoms with Crippen molar-refractivity contribution in [2.45, 2.75) is 46.1 Å². The lowest BCUT2D eigenvalue weighted by molar-refractivity contribution is -0.152. The highest BCUT2D eigenvalue weighted by Crippen LogP contribution is 2.27. The average molecular weight is 302 g/mol. The number of carbonyl (C=O) groups is 2. The van der Waals surface area contributed by atoms with Crippen LogP contribution in [0.15, 0.2) is 12.2 Å². The maximum Gasteiger partial charge on any atom is 0.311 e. The highest BCUT2D eigenvalue weighted by Gasteiger charge is 2.26. The average Bonchev–Trinajstić information content (AvgIpc) is 2.38. The Hall–Kier alpha value is -1.40. The van der Waals surface area contributed by atoms with Crippen molar-refractivity contribution >= 4 is 11.9 Å². The summed E-state index contributed by atoms with van der Waals surface area (Å²) in [5, 5.41) is 26.9. The van der Waals surface area contributed by atoms with Gasteiger partial charge in [-0.15, -0.1) is 0 Å². The first-order chi connectivity index (χ1) is 9.56. The predicted molar refractivity (Wildman–Crippen MR) is 77.6 cm³/mol. The van der Waals surface area contributed by atoms with Gasteiger partial charge in [0.2, 0.25) is 0 Å². The second kappa shape index (κ2) is 8.79. The van der Waals surface area contributed by atoms with E-state index in [1.54, 1.807) is 0 Å². The Labute approximate surface area is 125 Å². The third-order valence-corrected chi connectivity index (χ3v) is 3.01. The summed E-state index contributed by atoms with van der Waals surface area (Å²) < 4.78 is 4.72. The number of carboxylic acid groups (broad SMARTS) is 1. The molecule has 0 aliphatic heterocycles. The summed E-state index contributed by atoms with van der Waals surface area (Å²) in [6.45, 7) is 9.02. The molecule has 0 aromatic carbocycles. The van der Waals surface area contributed by atoms with Crippen LogP contribution >= 0.6 is 0 Å². The zero-order chi connectivity index (χ0) is 16.6. The second-order valence-corrected chi connectivity index (χ2v) is 6.33. The van der Waals surface area contributed by atoms with Crippen molar-refractivity contribution in [2.24, 2.45) is 11.3 Å². The van der Waals surface area contributed by atoms with Crippen LogP contribution in [0.1, 0.15) is 40.0 Å². The van der Waals surface area contributed by atoms with Gasteiger partial charge in [-0.3, -0.25) is 9.59 Å². The van der Waals surface area contributed by atoms with E-state index in [4.69, 9.17) is 14.9 Å². The van der Waals surface area contributed by atoms with Crippen LogP contribution in [0.5, 0.6) is 0 Å². The van der Waals surface area contributed by atoms with Crippen LogP contribution in [0.3, 0.4) is 0 Å². The molecule has 0 amide bonds. The maximum atomic E-state index is 11.6. The summed E-state index contributed by atoms with van der Waals surface area (Å²) in [7, 11) is 0. The number of carboxylic acids is 1. The molecule has 0 heterocycles. The van der Waals surface area contributed by atoms with Crippen LogP contribution in [0.25, 0.3) is 0 Å². The molecule has 6 nitrogen and oxygen atoms in total. The summed E-state index contributed by atoms with van der Waals surface area (Å²) >= 11 is 0. The fraction of sp³-hybridized carbons (Fsp3) is 0.733. The van der Waals surface area contributed by atoms with E-state index in [1.807, 2.05) is 20.8 Å². The smallest absolute Gasteiger partial charge is 0.311 e. The molecule has 0 rings (SSSR count). The molecule has 0 radical (unpaired) electrons. The van der Waals surface area contributed by atoms with Crippen LogP contribution in [0.4, 0.5) is 0 Å². The molecule has 0 spiro atoms. The molecule has 0 fully saturated rings. The van der Waals surface area contributed by atoms with Gasteiger partial charge in [0.15, 0.2) is 0 Å². The van der Waals surface area contributed by atoms with Gasteiger partial charge in [0, 0.05) is 0 Å². The van der Waals surface area contributed by atoms with Gasteiger partial charge in [0.1, 0.15) is 12.7 Å². The van der Waals surface area contributed by atoms with Crippen molar-refractivity contribution < 1.29 is 29.6 Å². The van der Waals surface area contributed by atoms with Crippen LogP contribution < -0.4 is 0 Å². The van der Waals surface area contributed by atoms with Gasteiger partial charge in [-0.2, -0.15) is 0 Å². The highest BCUT2D eigenvalue weighted by molar-refractivity contribution is 5.81. The van der Waals surface area contributed by atoms with Crippen molar-refractivity contribution in [2.75, 3.05) is 13.2 Å². The molecule has 2 unspecified atom stereocenters. The third-order valence-electron chi connectivity index (χ3n) is 3.01. The Morgan fingerprint density at radius 3 is 2.29 bits per heavy atom. The SMILES string of the molecule is C=C(CCC(C)(C)C)C(CC(=O)OCC(O)CO)C(=O)O. The Kier molecular flexibility index (Phi) is 8.21. The normalized spacial score (nSPS) is 14.3. The topological polar surface area (TPSA) is 104 Å². The molecule has 0 aromatic heterocycles. The van der Waals surface area contributed by atoms with Gasteiger partial charge in [0.05, 0.1) is 18.9 Å². The number of esters is 1. The summed E-state index contributed by atoms with van der Waals surface area (Å²) in [5.41, 5.74) is 0.537. The molecule has 0 saturated heterocycles. The Morgan fingerprint density at radius 2 is 1.86 bits per heavy atom. The Bertz CT molecular complexity index is 369. The number of rotatable bonds is 9. The minimum absolute atomic E-state index is 0.0533. The first kappa shape index (κ1) is 19.6. The molecule has 0 saturated carbocycles. The van der Waals surface area contributed by atoms with Gasteiger partial charge in [-0.05, 0) is 18.3 Å². The minimum Gasteiger partial charge on any atom is -0.481 e. The quantitative estimate of drug-likeness (QED) is 0.439. The van der Waals surface area contributed by atoms with Gasteiger partial charge >= 0.3 is 11.9 Å². The minimum atomic E-state index is -1.15. The monoisotopic (exact) mass is 302 g/mol. The van der Waals surface area contributed by atoms with Crippen LogP contribution in [-0.4, -0.2) is 46.6 Å². The summed E-state index contributed by atoms with van der Waals surface area (Å²) in [5.74, 6) is -2.84. The molecule has 6 heteroatoms. The van der Waals surface area contributed by atoms with Crippen molar-refractivity contribution in [1.29, 1.82) is 0 Å². The first-order valence-electron chi connectivity index (χ1n) is 6.92. The van der Waals surface area contributed by atoms with Crippen molar-refractivity contribution in [3.8, 4) is 0 Å². The summed E-state index contributed by atoms with van der Waals surface area (Å²) in [4.78, 5) is 22.8. The van der Waals surface area contributed by atoms with E-state index in [0.717, 1.165) is 6.42 Å². The van der Waals surface area contributed by atoms with Crippen LogP contribution in [-0.2, 0) is 14.3 Å². The van der Waals surface area contributed by atoms with Gasteiger partial charge in [-0.1, -0.05) is 32.9 Å². The van der Waals surface area contributed by atoms with E-state index < -0.39 is 30.6 Å². The fourth-order valence-corrected chi connectivity index (χ4v) is 1.58. The van der Waals surface area contributed by atoms with Gasteiger partial charge in [-0.25, -0.2) is 0 Å². The van der Waals surface area contributed by atoms with E-state index in [9.17, 15) is 14.7 Å². The molecule has 0 aliphatic carbocycles. The number of ether oxygens (including phenoxy) is 1. The highest BCUT2D eigenvalue weighted by atomic mass is 16.5. The van der Waals surface area contributed by atoms with E-state index in [-0.39, 0.29) is 18.4 Å². The number of carbonyl (C=O) groups excluding carboxylic acids is 1. The zero-order valence-electron chi connectivity index (χ0n) is 13.0. The van der Waals surface area contributed by atoms with E-state index in [0.29, 0.717) is 12.0 Å². The van der Waals surface area contributed by atoms with Gasteiger partial charge in [0.25, 0.3) is 0 Å². The number of hydrogen-bond donors (Lipinski definition) is 3. The molecule has 0 aromatic rings. The van der Waals surface area contributed by atoms with Crippen molar-refractivity contribution in [1.82, 2.24) is 0 Å². The first-order valence-corrected chi connectivity index (χ1v) is 6.92. The number of aliphatic hydroxyl groups is 2. The fourth-order valence-electron chi connectivity index (χ4n) is 1.58. The molecular formula is C15H26O6. The summed E-state index contributed by atoms with van der Waals surface area (Å²) in [6.07, 6.45) is -0.182. The second-order valence-electron chi connectivity index (χ2n) is 6.33. The number of hydrogen-bond acceptors (Lipinski definition) is 5. The lowest BCUT2D eigenvalue weighted by Gasteiger charge is -2.21. The largest absolute Gasteiger partial charge is 0.481 e. The molecule has 0 aliphatic rings. The van der Waals surface area contributed by atoms with E-state index in [1.165, 1.54) is 0 Å². The molecular weight excluding hydrogens is 276 g/mol. The Morgan fingerprint density at radius 1 is 1.29 bits per heavy atom. The third kappa shape index (κ3) is 9.20. The molecule has 2 atom stereocenters. The van der Waals surface area contributed by atoms with E-state index >= 15 is 0 Å². The zero-order valence-corrected chi connectivity index (χ0v) is 13.0. The summed E-state index contributed by atoms with van der Waals surface area (Å²) in [6, 6.07) is 0. The van der Waals surface area contributed by atoms with Crippen molar-refractivity contribution in [3.05, 3.63) is 12.2 Å².